The molecule has 1 aliphatic rings. The Kier molecular flexibility index (Phi) is 4.15. The molecule has 0 aliphatic carbocycles. The molecule has 0 bridgehead atoms. The largest absolute Gasteiger partial charge is 0.393 e. The van der Waals surface area contributed by atoms with Gasteiger partial charge >= 0.3 is 0 Å². The van der Waals surface area contributed by atoms with Crippen LogP contribution in [0.3, 0.4) is 0 Å². The SMILES string of the molecule is Cn1cccc1C(=O)Nc1ccccc1N1CCC(O)CC1. The fraction of sp³-hybridized carbons (Fsp3) is 0.353. The van der Waals surface area contributed by atoms with Crippen LogP contribution in [-0.4, -0.2) is 34.8 Å². The number of rotatable bonds is 3. The highest BCUT2D eigenvalue weighted by Gasteiger charge is 2.20. The van der Waals surface area contributed by atoms with E-state index in [0.717, 1.165) is 37.3 Å². The van der Waals surface area contributed by atoms with Gasteiger partial charge in [-0.25, -0.2) is 0 Å². The third kappa shape index (κ3) is 2.99. The van der Waals surface area contributed by atoms with Crippen LogP contribution < -0.4 is 10.2 Å². The van der Waals surface area contributed by atoms with E-state index in [0.29, 0.717) is 5.69 Å². The molecule has 22 heavy (non-hydrogen) atoms. The molecule has 3 rings (SSSR count). The van der Waals surface area contributed by atoms with E-state index in [9.17, 15) is 9.90 Å². The van der Waals surface area contributed by atoms with Crippen molar-refractivity contribution in [3.63, 3.8) is 0 Å². The van der Waals surface area contributed by atoms with Crippen molar-refractivity contribution in [3.8, 4) is 0 Å². The van der Waals surface area contributed by atoms with Crippen molar-refractivity contribution < 1.29 is 9.90 Å². The molecule has 1 aliphatic heterocycles. The molecule has 1 fully saturated rings. The van der Waals surface area contributed by atoms with Gasteiger partial charge in [-0.2, -0.15) is 0 Å². The number of amides is 1. The summed E-state index contributed by atoms with van der Waals surface area (Å²) >= 11 is 0. The molecule has 116 valence electrons. The first-order valence-electron chi connectivity index (χ1n) is 7.60. The Morgan fingerprint density at radius 1 is 1.18 bits per heavy atom. The minimum atomic E-state index is -0.207. The molecule has 0 atom stereocenters. The van der Waals surface area contributed by atoms with Gasteiger partial charge in [0.2, 0.25) is 0 Å². The molecular weight excluding hydrogens is 278 g/mol. The van der Waals surface area contributed by atoms with Gasteiger partial charge in [0.05, 0.1) is 17.5 Å². The highest BCUT2D eigenvalue weighted by Crippen LogP contribution is 2.28. The van der Waals surface area contributed by atoms with Crippen molar-refractivity contribution in [2.45, 2.75) is 18.9 Å². The summed E-state index contributed by atoms with van der Waals surface area (Å²) in [6, 6.07) is 11.5. The molecular formula is C17H21N3O2. The van der Waals surface area contributed by atoms with E-state index in [4.69, 9.17) is 0 Å². The van der Waals surface area contributed by atoms with Crippen LogP contribution in [-0.2, 0) is 7.05 Å². The second-order valence-corrected chi connectivity index (χ2v) is 5.69. The number of hydrogen-bond donors (Lipinski definition) is 2. The molecule has 0 saturated carbocycles. The summed E-state index contributed by atoms with van der Waals surface area (Å²) < 4.78 is 1.80. The number of anilines is 2. The van der Waals surface area contributed by atoms with E-state index in [2.05, 4.69) is 10.2 Å². The first kappa shape index (κ1) is 14.7. The number of para-hydroxylation sites is 2. The van der Waals surface area contributed by atoms with E-state index in [1.54, 1.807) is 10.6 Å². The van der Waals surface area contributed by atoms with Crippen molar-refractivity contribution in [2.75, 3.05) is 23.3 Å². The molecule has 2 heterocycles. The smallest absolute Gasteiger partial charge is 0.272 e. The number of piperidine rings is 1. The van der Waals surface area contributed by atoms with Crippen molar-refractivity contribution in [1.82, 2.24) is 4.57 Å². The molecule has 0 unspecified atom stereocenters. The van der Waals surface area contributed by atoms with Crippen LogP contribution in [0.15, 0.2) is 42.6 Å². The van der Waals surface area contributed by atoms with E-state index in [-0.39, 0.29) is 12.0 Å². The summed E-state index contributed by atoms with van der Waals surface area (Å²) in [6.07, 6.45) is 3.17. The predicted molar refractivity (Wildman–Crippen MR) is 87.3 cm³/mol. The zero-order chi connectivity index (χ0) is 15.5. The van der Waals surface area contributed by atoms with Gasteiger partial charge in [0, 0.05) is 26.3 Å². The number of carbonyl (C=O) groups is 1. The van der Waals surface area contributed by atoms with Crippen molar-refractivity contribution in [3.05, 3.63) is 48.3 Å². The molecule has 2 aromatic rings. The molecule has 1 saturated heterocycles. The van der Waals surface area contributed by atoms with E-state index < -0.39 is 0 Å². The Morgan fingerprint density at radius 3 is 2.59 bits per heavy atom. The van der Waals surface area contributed by atoms with Gasteiger partial charge in [-0.15, -0.1) is 0 Å². The molecule has 1 aromatic heterocycles. The average molecular weight is 299 g/mol. The Morgan fingerprint density at radius 2 is 1.91 bits per heavy atom. The van der Waals surface area contributed by atoms with Crippen LogP contribution in [0.1, 0.15) is 23.3 Å². The van der Waals surface area contributed by atoms with Crippen LogP contribution in [0.25, 0.3) is 0 Å². The van der Waals surface area contributed by atoms with Gasteiger partial charge in [0.1, 0.15) is 5.69 Å². The topological polar surface area (TPSA) is 57.5 Å². The number of aromatic nitrogens is 1. The Hall–Kier alpha value is -2.27. The van der Waals surface area contributed by atoms with Crippen LogP contribution in [0.2, 0.25) is 0 Å². The normalized spacial score (nSPS) is 15.8. The Labute approximate surface area is 130 Å². The number of aryl methyl sites for hydroxylation is 1. The second kappa shape index (κ2) is 6.23. The third-order valence-electron chi connectivity index (χ3n) is 4.13. The summed E-state index contributed by atoms with van der Waals surface area (Å²) in [5.74, 6) is -0.114. The van der Waals surface area contributed by atoms with Crippen LogP contribution in [0, 0.1) is 0 Å². The molecule has 0 radical (unpaired) electrons. The zero-order valence-electron chi connectivity index (χ0n) is 12.7. The van der Waals surface area contributed by atoms with Gasteiger partial charge in [-0.1, -0.05) is 12.1 Å². The summed E-state index contributed by atoms with van der Waals surface area (Å²) in [5, 5.41) is 12.6. The molecule has 1 amide bonds. The number of aliphatic hydroxyl groups excluding tert-OH is 1. The average Bonchev–Trinajstić information content (AvgIpc) is 2.95. The van der Waals surface area contributed by atoms with E-state index in [1.807, 2.05) is 43.6 Å². The van der Waals surface area contributed by atoms with Crippen LogP contribution in [0.5, 0.6) is 0 Å². The monoisotopic (exact) mass is 299 g/mol. The first-order valence-corrected chi connectivity index (χ1v) is 7.60. The number of aliphatic hydroxyl groups is 1. The van der Waals surface area contributed by atoms with E-state index >= 15 is 0 Å². The standard InChI is InChI=1S/C17H21N3O2/c1-19-10-4-7-16(19)17(22)18-14-5-2-3-6-15(14)20-11-8-13(21)9-12-20/h2-7,10,13,21H,8-9,11-12H2,1H3,(H,18,22). The third-order valence-corrected chi connectivity index (χ3v) is 4.13. The number of hydrogen-bond acceptors (Lipinski definition) is 3. The number of nitrogens with one attached hydrogen (secondary N) is 1. The molecule has 5 heteroatoms. The van der Waals surface area contributed by atoms with Gasteiger partial charge < -0.3 is 19.9 Å². The van der Waals surface area contributed by atoms with Crippen LogP contribution in [0.4, 0.5) is 11.4 Å². The summed E-state index contributed by atoms with van der Waals surface area (Å²) in [6.45, 7) is 1.61. The minimum absolute atomic E-state index is 0.114. The predicted octanol–water partition coefficient (Wildman–Crippen LogP) is 2.24. The Balaban J connectivity index is 1.80. The van der Waals surface area contributed by atoms with Crippen molar-refractivity contribution in [2.24, 2.45) is 7.05 Å². The molecule has 5 nitrogen and oxygen atoms in total. The lowest BCUT2D eigenvalue weighted by Crippen LogP contribution is -2.36. The highest BCUT2D eigenvalue weighted by molar-refractivity contribution is 6.05. The van der Waals surface area contributed by atoms with Gasteiger partial charge in [0.25, 0.3) is 5.91 Å². The van der Waals surface area contributed by atoms with Gasteiger partial charge in [0.15, 0.2) is 0 Å². The van der Waals surface area contributed by atoms with Crippen LogP contribution >= 0.6 is 0 Å². The second-order valence-electron chi connectivity index (χ2n) is 5.69. The maximum atomic E-state index is 12.4. The maximum Gasteiger partial charge on any atom is 0.272 e. The zero-order valence-corrected chi connectivity index (χ0v) is 12.7. The van der Waals surface area contributed by atoms with E-state index in [1.165, 1.54) is 0 Å². The maximum absolute atomic E-state index is 12.4. The number of benzene rings is 1. The lowest BCUT2D eigenvalue weighted by atomic mass is 10.1. The lowest BCUT2D eigenvalue weighted by molar-refractivity contribution is 0.101. The summed E-state index contributed by atoms with van der Waals surface area (Å²) in [7, 11) is 1.85. The minimum Gasteiger partial charge on any atom is -0.393 e. The lowest BCUT2D eigenvalue weighted by Gasteiger charge is -2.32. The molecule has 1 aromatic carbocycles. The summed E-state index contributed by atoms with van der Waals surface area (Å²) in [4.78, 5) is 14.6. The Bertz CT molecular complexity index is 657. The quantitative estimate of drug-likeness (QED) is 0.914. The van der Waals surface area contributed by atoms with Crippen molar-refractivity contribution in [1.29, 1.82) is 0 Å². The fourth-order valence-corrected chi connectivity index (χ4v) is 2.85. The molecule has 2 N–H and O–H groups in total. The fourth-order valence-electron chi connectivity index (χ4n) is 2.85. The highest BCUT2D eigenvalue weighted by atomic mass is 16.3. The summed E-state index contributed by atoms with van der Waals surface area (Å²) in [5.41, 5.74) is 2.45. The van der Waals surface area contributed by atoms with Crippen molar-refractivity contribution >= 4 is 17.3 Å². The number of nitrogens with zero attached hydrogens (tertiary/aromatic N) is 2. The van der Waals surface area contributed by atoms with Gasteiger partial charge in [-0.05, 0) is 37.1 Å². The first-order chi connectivity index (χ1) is 10.6. The van der Waals surface area contributed by atoms with Gasteiger partial charge in [-0.3, -0.25) is 4.79 Å². The number of carbonyl (C=O) groups excluding carboxylic acids is 1. The molecule has 0 spiro atoms.